The number of fused-ring (bicyclic) bond motifs is 3. The van der Waals surface area contributed by atoms with Crippen LogP contribution in [0.3, 0.4) is 0 Å². The van der Waals surface area contributed by atoms with Crippen LogP contribution in [0.4, 0.5) is 5.69 Å². The minimum absolute atomic E-state index is 0.0322. The normalized spacial score (nSPS) is 12.8. The van der Waals surface area contributed by atoms with E-state index in [-0.39, 0.29) is 30.3 Å². The van der Waals surface area contributed by atoms with Gasteiger partial charge >= 0.3 is 5.97 Å². The molecule has 5 heteroatoms. The van der Waals surface area contributed by atoms with Crippen LogP contribution in [0.15, 0.2) is 91.0 Å². The molecule has 4 aromatic carbocycles. The molecule has 40 heavy (non-hydrogen) atoms. The molecule has 0 saturated carbocycles. The fourth-order valence-corrected chi connectivity index (χ4v) is 5.31. The first-order valence-electron chi connectivity index (χ1n) is 13.8. The lowest BCUT2D eigenvalue weighted by molar-refractivity contribution is -0.136. The minimum Gasteiger partial charge on any atom is -0.481 e. The molecule has 1 amide bonds. The molecule has 1 aliphatic rings. The molecular formula is C35H36N2O3. The van der Waals surface area contributed by atoms with Crippen molar-refractivity contribution >= 4 is 17.6 Å². The number of carbonyl (C=O) groups excluding carboxylic acids is 1. The first-order chi connectivity index (χ1) is 19.2. The Morgan fingerprint density at radius 2 is 1.55 bits per heavy atom. The van der Waals surface area contributed by atoms with E-state index in [2.05, 4.69) is 98.1 Å². The number of carbonyl (C=O) groups is 2. The molecule has 0 spiro atoms. The van der Waals surface area contributed by atoms with Gasteiger partial charge in [-0.15, -0.1) is 0 Å². The number of anilines is 1. The van der Waals surface area contributed by atoms with Gasteiger partial charge in [0.25, 0.3) is 5.91 Å². The maximum atomic E-state index is 12.4. The maximum absolute atomic E-state index is 12.4. The van der Waals surface area contributed by atoms with Gasteiger partial charge in [-0.3, -0.25) is 9.59 Å². The van der Waals surface area contributed by atoms with E-state index in [4.69, 9.17) is 5.11 Å². The van der Waals surface area contributed by atoms with E-state index >= 15 is 0 Å². The highest BCUT2D eigenvalue weighted by Crippen LogP contribution is 2.38. The van der Waals surface area contributed by atoms with Gasteiger partial charge in [-0.05, 0) is 81.5 Å². The predicted molar refractivity (Wildman–Crippen MR) is 161 cm³/mol. The highest BCUT2D eigenvalue weighted by Gasteiger charge is 2.21. The monoisotopic (exact) mass is 532 g/mol. The Balaban J connectivity index is 1.38. The topological polar surface area (TPSA) is 78.4 Å². The highest BCUT2D eigenvalue weighted by molar-refractivity contribution is 5.94. The molecule has 1 aliphatic carbocycles. The highest BCUT2D eigenvalue weighted by atomic mass is 16.4. The summed E-state index contributed by atoms with van der Waals surface area (Å²) < 4.78 is 0. The lowest BCUT2D eigenvalue weighted by Gasteiger charge is -2.23. The van der Waals surface area contributed by atoms with E-state index in [1.807, 2.05) is 12.1 Å². The summed E-state index contributed by atoms with van der Waals surface area (Å²) in [5.41, 5.74) is 10.7. The summed E-state index contributed by atoms with van der Waals surface area (Å²) in [7, 11) is 0. The molecular weight excluding hydrogens is 496 g/mol. The van der Waals surface area contributed by atoms with Crippen molar-refractivity contribution in [2.75, 3.05) is 11.9 Å². The molecule has 5 nitrogen and oxygen atoms in total. The van der Waals surface area contributed by atoms with E-state index in [0.29, 0.717) is 5.56 Å². The van der Waals surface area contributed by atoms with E-state index in [9.17, 15) is 9.59 Å². The van der Waals surface area contributed by atoms with Crippen molar-refractivity contribution in [1.82, 2.24) is 5.32 Å². The van der Waals surface area contributed by atoms with Crippen LogP contribution in [0.5, 0.6) is 0 Å². The molecule has 0 aromatic heterocycles. The van der Waals surface area contributed by atoms with Gasteiger partial charge in [-0.2, -0.15) is 0 Å². The Morgan fingerprint density at radius 3 is 2.25 bits per heavy atom. The number of hydrogen-bond acceptors (Lipinski definition) is 3. The van der Waals surface area contributed by atoms with Crippen LogP contribution in [0.25, 0.3) is 11.1 Å². The Bertz CT molecular complexity index is 1520. The zero-order chi connectivity index (χ0) is 28.3. The fourth-order valence-electron chi connectivity index (χ4n) is 5.31. The van der Waals surface area contributed by atoms with Gasteiger partial charge in [0.2, 0.25) is 0 Å². The molecule has 0 fully saturated rings. The lowest BCUT2D eigenvalue weighted by Crippen LogP contribution is -2.25. The summed E-state index contributed by atoms with van der Waals surface area (Å²) in [6.07, 6.45) is 1.65. The average Bonchev–Trinajstić information content (AvgIpc) is 3.30. The zero-order valence-corrected chi connectivity index (χ0v) is 23.3. The molecule has 0 heterocycles. The second-order valence-electron chi connectivity index (χ2n) is 11.6. The Kier molecular flexibility index (Phi) is 7.74. The molecule has 0 aliphatic heterocycles. The van der Waals surface area contributed by atoms with Crippen molar-refractivity contribution in [3.63, 3.8) is 0 Å². The van der Waals surface area contributed by atoms with Crippen molar-refractivity contribution in [2.24, 2.45) is 0 Å². The summed E-state index contributed by atoms with van der Waals surface area (Å²) in [6, 6.07) is 31.7. The average molecular weight is 533 g/mol. The first-order valence-corrected chi connectivity index (χ1v) is 13.8. The quantitative estimate of drug-likeness (QED) is 0.188. The summed E-state index contributed by atoms with van der Waals surface area (Å²) in [5.74, 6) is -1.21. The van der Waals surface area contributed by atoms with Gasteiger partial charge in [0.05, 0.1) is 12.5 Å². The van der Waals surface area contributed by atoms with Gasteiger partial charge in [-0.25, -0.2) is 0 Å². The number of carboxylic acid groups (broad SMARTS) is 1. The largest absolute Gasteiger partial charge is 0.481 e. The van der Waals surface area contributed by atoms with Gasteiger partial charge in [-0.1, -0.05) is 87.5 Å². The van der Waals surface area contributed by atoms with Gasteiger partial charge < -0.3 is 15.7 Å². The summed E-state index contributed by atoms with van der Waals surface area (Å²) in [4.78, 5) is 23.1. The van der Waals surface area contributed by atoms with Crippen LogP contribution in [0, 0.1) is 0 Å². The van der Waals surface area contributed by atoms with E-state index in [1.165, 1.54) is 38.9 Å². The Labute approximate surface area is 236 Å². The zero-order valence-electron chi connectivity index (χ0n) is 23.3. The summed E-state index contributed by atoms with van der Waals surface area (Å²) in [5, 5.41) is 15.2. The van der Waals surface area contributed by atoms with Crippen molar-refractivity contribution in [3.05, 3.63) is 124 Å². The number of carboxylic acids is 1. The third-order valence-corrected chi connectivity index (χ3v) is 7.59. The molecule has 0 bridgehead atoms. The van der Waals surface area contributed by atoms with Crippen molar-refractivity contribution < 1.29 is 14.7 Å². The first kappa shape index (κ1) is 27.2. The van der Waals surface area contributed by atoms with Gasteiger partial charge in [0.1, 0.15) is 0 Å². The maximum Gasteiger partial charge on any atom is 0.305 e. The van der Waals surface area contributed by atoms with Crippen LogP contribution in [0.2, 0.25) is 0 Å². The number of rotatable bonds is 9. The fraction of sp³-hybridized carbons (Fsp3) is 0.257. The van der Waals surface area contributed by atoms with E-state index in [1.54, 1.807) is 12.1 Å². The third kappa shape index (κ3) is 6.26. The third-order valence-electron chi connectivity index (χ3n) is 7.59. The van der Waals surface area contributed by atoms with E-state index < -0.39 is 5.97 Å². The minimum atomic E-state index is -0.936. The van der Waals surface area contributed by atoms with Crippen molar-refractivity contribution in [3.8, 4) is 11.1 Å². The molecule has 0 radical (unpaired) electrons. The van der Waals surface area contributed by atoms with Crippen LogP contribution >= 0.6 is 0 Å². The van der Waals surface area contributed by atoms with Gasteiger partial charge in [0.15, 0.2) is 0 Å². The second kappa shape index (κ2) is 11.4. The summed E-state index contributed by atoms with van der Waals surface area (Å²) >= 11 is 0. The summed E-state index contributed by atoms with van der Waals surface area (Å²) in [6.45, 7) is 6.79. The molecule has 1 unspecified atom stereocenters. The van der Waals surface area contributed by atoms with Crippen molar-refractivity contribution in [2.45, 2.75) is 51.5 Å². The smallest absolute Gasteiger partial charge is 0.305 e. The molecule has 0 saturated heterocycles. The number of benzene rings is 4. The van der Waals surface area contributed by atoms with Crippen LogP contribution in [-0.2, 0) is 23.1 Å². The van der Waals surface area contributed by atoms with Crippen LogP contribution in [0.1, 0.15) is 71.4 Å². The number of amides is 1. The van der Waals surface area contributed by atoms with Gasteiger partial charge in [0, 0.05) is 17.8 Å². The molecule has 1 atom stereocenters. The molecule has 204 valence electrons. The lowest BCUT2D eigenvalue weighted by atomic mass is 9.86. The number of aliphatic carboxylic acids is 1. The number of hydrogen-bond donors (Lipinski definition) is 3. The molecule has 5 rings (SSSR count). The molecule has 4 aromatic rings. The number of nitrogens with one attached hydrogen (secondary N) is 2. The predicted octanol–water partition coefficient (Wildman–Crippen LogP) is 7.16. The second-order valence-corrected chi connectivity index (χ2v) is 11.6. The van der Waals surface area contributed by atoms with Crippen LogP contribution in [-0.4, -0.2) is 23.5 Å². The van der Waals surface area contributed by atoms with Crippen LogP contribution < -0.4 is 10.6 Å². The Hall–Kier alpha value is -4.38. The molecule has 3 N–H and O–H groups in total. The standard InChI is InChI=1S/C35H36N2O3/c1-35(2,3)28-13-8-23(9-14-28)20-32(26-12-17-31-27(22-26)21-25-6-4-5-7-30(25)31)37-29-15-10-24(11-16-29)34(40)36-19-18-33(38)39/h4-17,22,32,37H,18-21H2,1-3H3,(H,36,40)(H,38,39). The SMILES string of the molecule is CC(C)(C)c1ccc(CC(Nc2ccc(C(=O)NCCC(=O)O)cc2)c2ccc3c(c2)Cc2ccccc2-3)cc1. The van der Waals surface area contributed by atoms with E-state index in [0.717, 1.165) is 18.5 Å². The van der Waals surface area contributed by atoms with Crippen molar-refractivity contribution in [1.29, 1.82) is 0 Å². The Morgan fingerprint density at radius 1 is 0.850 bits per heavy atom.